The molecule has 35 heavy (non-hydrogen) atoms. The van der Waals surface area contributed by atoms with Gasteiger partial charge in [-0.2, -0.15) is 0 Å². The Morgan fingerprint density at radius 3 is 2.40 bits per heavy atom. The smallest absolute Gasteiger partial charge is 0.244 e. The van der Waals surface area contributed by atoms with Crippen molar-refractivity contribution in [3.8, 4) is 0 Å². The van der Waals surface area contributed by atoms with Crippen LogP contribution in [-0.4, -0.2) is 50.0 Å². The van der Waals surface area contributed by atoms with Gasteiger partial charge in [-0.05, 0) is 38.0 Å². The molecule has 0 saturated heterocycles. The summed E-state index contributed by atoms with van der Waals surface area (Å²) in [6.45, 7) is 0.681. The van der Waals surface area contributed by atoms with Crippen molar-refractivity contribution in [2.45, 2.75) is 51.2 Å². The van der Waals surface area contributed by atoms with Crippen LogP contribution < -0.4 is 9.62 Å². The zero-order chi connectivity index (χ0) is 25.8. The third-order valence-electron chi connectivity index (χ3n) is 6.05. The van der Waals surface area contributed by atoms with Crippen LogP contribution in [0.4, 0.5) is 10.1 Å². The molecule has 0 bridgehead atoms. The Kier molecular flexibility index (Phi) is 9.01. The van der Waals surface area contributed by atoms with E-state index in [2.05, 4.69) is 5.32 Å². The highest BCUT2D eigenvalue weighted by Crippen LogP contribution is 2.33. The maximum absolute atomic E-state index is 14.4. The molecular formula is C24H28Cl2FN3O4S. The molecule has 1 fully saturated rings. The van der Waals surface area contributed by atoms with Crippen molar-refractivity contribution in [2.75, 3.05) is 17.1 Å². The van der Waals surface area contributed by atoms with E-state index in [4.69, 9.17) is 23.2 Å². The van der Waals surface area contributed by atoms with Gasteiger partial charge in [0.15, 0.2) is 0 Å². The number of carbonyl (C=O) groups excluding carboxylic acids is 2. The Bertz CT molecular complexity index is 1190. The summed E-state index contributed by atoms with van der Waals surface area (Å²) in [5.41, 5.74) is 0.233. The van der Waals surface area contributed by atoms with Gasteiger partial charge in [0.05, 0.1) is 22.0 Å². The number of benzene rings is 2. The third kappa shape index (κ3) is 6.86. The topological polar surface area (TPSA) is 86.8 Å². The molecule has 1 unspecified atom stereocenters. The highest BCUT2D eigenvalue weighted by atomic mass is 35.5. The predicted octanol–water partition coefficient (Wildman–Crippen LogP) is 4.37. The fourth-order valence-electron chi connectivity index (χ4n) is 4.06. The molecule has 7 nitrogen and oxygen atoms in total. The van der Waals surface area contributed by atoms with E-state index in [1.165, 1.54) is 41.3 Å². The second-order valence-electron chi connectivity index (χ2n) is 8.62. The van der Waals surface area contributed by atoms with Gasteiger partial charge in [-0.1, -0.05) is 60.3 Å². The summed E-state index contributed by atoms with van der Waals surface area (Å²) >= 11 is 12.3. The zero-order valence-electron chi connectivity index (χ0n) is 19.5. The van der Waals surface area contributed by atoms with Crippen molar-refractivity contribution in [3.63, 3.8) is 0 Å². The van der Waals surface area contributed by atoms with E-state index in [1.807, 2.05) is 0 Å². The molecule has 1 aliphatic rings. The van der Waals surface area contributed by atoms with E-state index in [1.54, 1.807) is 13.0 Å². The molecule has 0 radical (unpaired) electrons. The number of hydrogen-bond acceptors (Lipinski definition) is 4. The van der Waals surface area contributed by atoms with E-state index in [-0.39, 0.29) is 39.8 Å². The second-order valence-corrected chi connectivity index (χ2v) is 11.3. The van der Waals surface area contributed by atoms with Gasteiger partial charge in [-0.3, -0.25) is 13.9 Å². The SMILES string of the molecule is CC(C(=O)NC1CCCC1)N(Cc1ccccc1F)C(=O)CN(c1cccc(Cl)c1Cl)S(C)(=O)=O. The van der Waals surface area contributed by atoms with Crippen LogP contribution in [0.15, 0.2) is 42.5 Å². The molecule has 1 aliphatic carbocycles. The lowest BCUT2D eigenvalue weighted by Gasteiger charge is -2.32. The Morgan fingerprint density at radius 2 is 1.77 bits per heavy atom. The van der Waals surface area contributed by atoms with Crippen LogP contribution >= 0.6 is 23.2 Å². The number of sulfonamides is 1. The van der Waals surface area contributed by atoms with Crippen molar-refractivity contribution < 1.29 is 22.4 Å². The molecule has 190 valence electrons. The number of amides is 2. The maximum Gasteiger partial charge on any atom is 0.244 e. The maximum atomic E-state index is 14.4. The Morgan fingerprint density at radius 1 is 1.11 bits per heavy atom. The quantitative estimate of drug-likeness (QED) is 0.508. The van der Waals surface area contributed by atoms with E-state index in [9.17, 15) is 22.4 Å². The van der Waals surface area contributed by atoms with E-state index in [0.29, 0.717) is 0 Å². The fraction of sp³-hybridized carbons (Fsp3) is 0.417. The first-order valence-electron chi connectivity index (χ1n) is 11.2. The predicted molar refractivity (Wildman–Crippen MR) is 135 cm³/mol. The van der Waals surface area contributed by atoms with Crippen molar-refractivity contribution in [1.29, 1.82) is 0 Å². The summed E-state index contributed by atoms with van der Waals surface area (Å²) in [6.07, 6.45) is 4.68. The molecule has 0 heterocycles. The Balaban J connectivity index is 1.92. The van der Waals surface area contributed by atoms with Crippen LogP contribution in [0, 0.1) is 5.82 Å². The first-order chi connectivity index (χ1) is 16.5. The molecule has 2 amide bonds. The lowest BCUT2D eigenvalue weighted by Crippen LogP contribution is -2.52. The molecule has 3 rings (SSSR count). The zero-order valence-corrected chi connectivity index (χ0v) is 21.8. The second kappa shape index (κ2) is 11.6. The Hall–Kier alpha value is -2.36. The van der Waals surface area contributed by atoms with E-state index >= 15 is 0 Å². The van der Waals surface area contributed by atoms with Gasteiger partial charge < -0.3 is 10.2 Å². The van der Waals surface area contributed by atoms with Crippen LogP contribution in [-0.2, 0) is 26.2 Å². The third-order valence-corrected chi connectivity index (χ3v) is 7.98. The van der Waals surface area contributed by atoms with Gasteiger partial charge in [-0.15, -0.1) is 0 Å². The number of carbonyl (C=O) groups is 2. The van der Waals surface area contributed by atoms with Crippen molar-refractivity contribution >= 4 is 50.7 Å². The highest BCUT2D eigenvalue weighted by Gasteiger charge is 2.32. The van der Waals surface area contributed by atoms with Gasteiger partial charge in [0.2, 0.25) is 21.8 Å². The summed E-state index contributed by atoms with van der Waals surface area (Å²) in [7, 11) is -3.96. The van der Waals surface area contributed by atoms with E-state index < -0.39 is 34.3 Å². The van der Waals surface area contributed by atoms with Crippen LogP contribution in [0.1, 0.15) is 38.2 Å². The number of halogens is 3. The largest absolute Gasteiger partial charge is 0.352 e. The molecule has 2 aromatic rings. The van der Waals surface area contributed by atoms with Crippen LogP contribution in [0.3, 0.4) is 0 Å². The minimum atomic E-state index is -3.96. The minimum Gasteiger partial charge on any atom is -0.352 e. The molecule has 0 spiro atoms. The summed E-state index contributed by atoms with van der Waals surface area (Å²) in [6, 6.07) is 9.41. The molecule has 1 atom stereocenters. The van der Waals surface area contributed by atoms with Gasteiger partial charge in [-0.25, -0.2) is 12.8 Å². The molecule has 0 aliphatic heterocycles. The highest BCUT2D eigenvalue weighted by molar-refractivity contribution is 7.92. The van der Waals surface area contributed by atoms with Crippen LogP contribution in [0.25, 0.3) is 0 Å². The molecule has 2 aromatic carbocycles. The van der Waals surface area contributed by atoms with Crippen LogP contribution in [0.2, 0.25) is 10.0 Å². The van der Waals surface area contributed by atoms with Crippen LogP contribution in [0.5, 0.6) is 0 Å². The number of hydrogen-bond donors (Lipinski definition) is 1. The first-order valence-corrected chi connectivity index (χ1v) is 13.8. The fourth-order valence-corrected chi connectivity index (χ4v) is 5.37. The molecule has 1 N–H and O–H groups in total. The summed E-state index contributed by atoms with van der Waals surface area (Å²) in [5.74, 6) is -1.61. The van der Waals surface area contributed by atoms with Gasteiger partial charge in [0, 0.05) is 18.2 Å². The standard InChI is InChI=1S/C24H28Cl2FN3O4S/c1-16(24(32)28-18-9-4-5-10-18)29(14-17-8-3-6-12-20(17)27)22(31)15-30(35(2,33)34)21-13-7-11-19(25)23(21)26/h3,6-8,11-13,16,18H,4-5,9-10,14-15H2,1-2H3,(H,28,32). The van der Waals surface area contributed by atoms with E-state index in [0.717, 1.165) is 36.2 Å². The number of anilines is 1. The monoisotopic (exact) mass is 543 g/mol. The summed E-state index contributed by atoms with van der Waals surface area (Å²) in [4.78, 5) is 27.7. The molecule has 1 saturated carbocycles. The number of nitrogens with zero attached hydrogens (tertiary/aromatic N) is 2. The molecule has 11 heteroatoms. The van der Waals surface area contributed by atoms with Crippen molar-refractivity contribution in [2.24, 2.45) is 0 Å². The molecule has 0 aromatic heterocycles. The lowest BCUT2D eigenvalue weighted by atomic mass is 10.1. The van der Waals surface area contributed by atoms with Gasteiger partial charge in [0.1, 0.15) is 18.4 Å². The Labute approximate surface area is 215 Å². The van der Waals surface area contributed by atoms with Crippen molar-refractivity contribution in [1.82, 2.24) is 10.2 Å². The number of nitrogens with one attached hydrogen (secondary N) is 1. The average Bonchev–Trinajstić information content (AvgIpc) is 3.30. The summed E-state index contributed by atoms with van der Waals surface area (Å²) < 4.78 is 40.5. The van der Waals surface area contributed by atoms with Crippen molar-refractivity contribution in [3.05, 3.63) is 63.9 Å². The van der Waals surface area contributed by atoms with Gasteiger partial charge in [0.25, 0.3) is 0 Å². The van der Waals surface area contributed by atoms with Gasteiger partial charge >= 0.3 is 0 Å². The number of rotatable bonds is 9. The first kappa shape index (κ1) is 27.2. The normalized spacial score (nSPS) is 15.0. The minimum absolute atomic E-state index is 0.0214. The lowest BCUT2D eigenvalue weighted by molar-refractivity contribution is -0.139. The molecular weight excluding hydrogens is 516 g/mol. The average molecular weight is 544 g/mol. The summed E-state index contributed by atoms with van der Waals surface area (Å²) in [5, 5.41) is 3.04.